The molecule has 0 unspecified atom stereocenters. The number of likely N-dealkylation sites (tertiary alicyclic amines) is 1. The molecule has 2 aliphatic rings. The summed E-state index contributed by atoms with van der Waals surface area (Å²) in [5.41, 5.74) is -1.60. The third-order valence-electron chi connectivity index (χ3n) is 8.03. The summed E-state index contributed by atoms with van der Waals surface area (Å²) in [6.45, 7) is 9.71. The van der Waals surface area contributed by atoms with E-state index in [2.05, 4.69) is 5.32 Å². The normalized spacial score (nSPS) is 17.8. The number of piperidine rings is 1. The number of amides is 4. The standard InChI is InChI=1S/C31H39F3N4O8S/c1-7-25(39)35-10-12-37-22-13-20(21(31(32,33)34)14-24(22)47-30(5,6)27(37)41)26(40)38(17(2)3)19-9-8-11-36(15-19)28(42)44-16-23-18(4)45-29(43)46-23/h13-14,17,19H,7-12,15-16H2,1-6H3,(H,35,39)/t19-/m1/s1. The van der Waals surface area contributed by atoms with Gasteiger partial charge >= 0.3 is 18.1 Å². The van der Waals surface area contributed by atoms with Crippen LogP contribution in [0.4, 0.5) is 23.7 Å². The Kier molecular flexibility index (Phi) is 10.7. The van der Waals surface area contributed by atoms with Crippen LogP contribution in [0, 0.1) is 6.92 Å². The number of nitrogens with one attached hydrogen (secondary N) is 1. The molecule has 1 atom stereocenters. The van der Waals surface area contributed by atoms with Crippen LogP contribution in [-0.4, -0.2) is 76.6 Å². The fourth-order valence-electron chi connectivity index (χ4n) is 5.71. The van der Waals surface area contributed by atoms with Crippen molar-refractivity contribution in [3.63, 3.8) is 0 Å². The number of thioether (sulfide) groups is 1. The van der Waals surface area contributed by atoms with Gasteiger partial charge in [-0.1, -0.05) is 6.92 Å². The predicted octanol–water partition coefficient (Wildman–Crippen LogP) is 4.96. The van der Waals surface area contributed by atoms with Gasteiger partial charge in [0.05, 0.1) is 27.6 Å². The van der Waals surface area contributed by atoms with E-state index in [4.69, 9.17) is 13.6 Å². The average molecular weight is 685 g/mol. The number of rotatable bonds is 9. The number of benzene rings is 1. The van der Waals surface area contributed by atoms with Crippen molar-refractivity contribution in [3.05, 3.63) is 45.4 Å². The Labute approximate surface area is 273 Å². The highest BCUT2D eigenvalue weighted by Crippen LogP contribution is 2.48. The van der Waals surface area contributed by atoms with Crippen molar-refractivity contribution in [2.75, 3.05) is 31.1 Å². The smallest absolute Gasteiger partial charge is 0.441 e. The van der Waals surface area contributed by atoms with Crippen molar-refractivity contribution in [3.8, 4) is 0 Å². The number of alkyl halides is 3. The number of carbonyl (C=O) groups is 4. The summed E-state index contributed by atoms with van der Waals surface area (Å²) >= 11 is 0.981. The van der Waals surface area contributed by atoms with Gasteiger partial charge in [-0.25, -0.2) is 9.59 Å². The zero-order chi connectivity index (χ0) is 34.8. The molecule has 1 saturated heterocycles. The fourth-order valence-corrected chi connectivity index (χ4v) is 6.91. The third-order valence-corrected chi connectivity index (χ3v) is 9.26. The third kappa shape index (κ3) is 7.96. The van der Waals surface area contributed by atoms with E-state index >= 15 is 0 Å². The van der Waals surface area contributed by atoms with Crippen molar-refractivity contribution in [2.24, 2.45) is 0 Å². The number of nitrogens with zero attached hydrogens (tertiary/aromatic N) is 3. The highest BCUT2D eigenvalue weighted by molar-refractivity contribution is 8.01. The van der Waals surface area contributed by atoms with Crippen LogP contribution in [0.3, 0.4) is 0 Å². The van der Waals surface area contributed by atoms with Crippen LogP contribution in [0.25, 0.3) is 0 Å². The SMILES string of the molecule is CCC(=O)NCCN1C(=O)C(C)(C)Sc2cc(C(F)(F)F)c(C(=O)N(C(C)C)[C@@H]3CCCN(C(=O)OCc4oc(=O)oc4C)C3)cc21. The molecule has 1 N–H and O–H groups in total. The van der Waals surface area contributed by atoms with E-state index in [-0.39, 0.29) is 73.1 Å². The van der Waals surface area contributed by atoms with E-state index in [9.17, 15) is 37.1 Å². The molecule has 16 heteroatoms. The fraction of sp³-hybridized carbons (Fsp3) is 0.581. The van der Waals surface area contributed by atoms with Crippen molar-refractivity contribution >= 4 is 41.3 Å². The number of anilines is 1. The van der Waals surface area contributed by atoms with Crippen LogP contribution < -0.4 is 16.0 Å². The molecule has 4 rings (SSSR count). The van der Waals surface area contributed by atoms with E-state index in [1.165, 1.54) is 21.6 Å². The highest BCUT2D eigenvalue weighted by atomic mass is 32.2. The van der Waals surface area contributed by atoms with Gasteiger partial charge in [-0.05, 0) is 59.6 Å². The van der Waals surface area contributed by atoms with Crippen molar-refractivity contribution in [1.82, 2.24) is 15.1 Å². The molecule has 12 nitrogen and oxygen atoms in total. The van der Waals surface area contributed by atoms with Gasteiger partial charge in [-0.3, -0.25) is 14.4 Å². The summed E-state index contributed by atoms with van der Waals surface area (Å²) in [6.07, 6.45) is -4.55. The monoisotopic (exact) mass is 684 g/mol. The van der Waals surface area contributed by atoms with Crippen LogP contribution in [-0.2, 0) is 27.1 Å². The molecule has 1 aromatic heterocycles. The Morgan fingerprint density at radius 2 is 1.89 bits per heavy atom. The first kappa shape index (κ1) is 35.9. The lowest BCUT2D eigenvalue weighted by Crippen LogP contribution is -2.54. The van der Waals surface area contributed by atoms with Crippen molar-refractivity contribution < 1.29 is 45.9 Å². The summed E-state index contributed by atoms with van der Waals surface area (Å²) < 4.78 is 57.6. The van der Waals surface area contributed by atoms with Gasteiger partial charge in [0.2, 0.25) is 11.8 Å². The number of hydrogen-bond donors (Lipinski definition) is 1. The first-order valence-electron chi connectivity index (χ1n) is 15.3. The van der Waals surface area contributed by atoms with E-state index in [1.54, 1.807) is 34.6 Å². The summed E-state index contributed by atoms with van der Waals surface area (Å²) in [6, 6.07) is 0.829. The summed E-state index contributed by atoms with van der Waals surface area (Å²) in [4.78, 5) is 67.9. The maximum Gasteiger partial charge on any atom is 0.519 e. The lowest BCUT2D eigenvalue weighted by Gasteiger charge is -2.42. The number of hydrogen-bond acceptors (Lipinski definition) is 9. The molecule has 0 bridgehead atoms. The number of ether oxygens (including phenoxy) is 1. The van der Waals surface area contributed by atoms with Crippen LogP contribution in [0.1, 0.15) is 81.3 Å². The minimum absolute atomic E-state index is 0.00406. The zero-order valence-corrected chi connectivity index (χ0v) is 27.9. The molecule has 3 heterocycles. The molecule has 47 heavy (non-hydrogen) atoms. The van der Waals surface area contributed by atoms with Gasteiger partial charge in [-0.15, -0.1) is 11.8 Å². The average Bonchev–Trinajstić information content (AvgIpc) is 3.32. The molecule has 2 aliphatic heterocycles. The Balaban J connectivity index is 1.65. The van der Waals surface area contributed by atoms with Crippen LogP contribution in [0.2, 0.25) is 0 Å². The topological polar surface area (TPSA) is 143 Å². The molecule has 0 aliphatic carbocycles. The summed E-state index contributed by atoms with van der Waals surface area (Å²) in [5.74, 6) is -2.23. The van der Waals surface area contributed by atoms with Crippen LogP contribution in [0.5, 0.6) is 0 Å². The van der Waals surface area contributed by atoms with Gasteiger partial charge in [0.15, 0.2) is 18.1 Å². The second-order valence-corrected chi connectivity index (χ2v) is 13.8. The maximum absolute atomic E-state index is 14.6. The number of halogens is 3. The largest absolute Gasteiger partial charge is 0.519 e. The number of aryl methyl sites for hydroxylation is 1. The molecule has 2 aromatic rings. The Bertz CT molecular complexity index is 1590. The van der Waals surface area contributed by atoms with Crippen molar-refractivity contribution in [1.29, 1.82) is 0 Å². The molecule has 1 fully saturated rings. The zero-order valence-electron chi connectivity index (χ0n) is 27.1. The van der Waals surface area contributed by atoms with Gasteiger partial charge in [0.25, 0.3) is 5.91 Å². The lowest BCUT2D eigenvalue weighted by molar-refractivity contribution is -0.138. The Morgan fingerprint density at radius 3 is 2.49 bits per heavy atom. The number of fused-ring (bicyclic) bond motifs is 1. The van der Waals surface area contributed by atoms with Crippen molar-refractivity contribution in [2.45, 2.75) is 95.3 Å². The Hall–Kier alpha value is -3.95. The summed E-state index contributed by atoms with van der Waals surface area (Å²) in [5, 5.41) is 2.68. The van der Waals surface area contributed by atoms with E-state index in [0.29, 0.717) is 12.8 Å². The van der Waals surface area contributed by atoms with Gasteiger partial charge in [0, 0.05) is 43.5 Å². The molecule has 0 radical (unpaired) electrons. The molecule has 258 valence electrons. The van der Waals surface area contributed by atoms with Crippen LogP contribution in [0.15, 0.2) is 30.7 Å². The molecular weight excluding hydrogens is 645 g/mol. The summed E-state index contributed by atoms with van der Waals surface area (Å²) in [7, 11) is 0. The first-order chi connectivity index (χ1) is 21.9. The van der Waals surface area contributed by atoms with Gasteiger partial charge in [0.1, 0.15) is 0 Å². The van der Waals surface area contributed by atoms with Gasteiger partial charge < -0.3 is 33.6 Å². The number of carbonyl (C=O) groups excluding carboxylic acids is 4. The molecule has 1 aromatic carbocycles. The molecular formula is C31H39F3N4O8S. The van der Waals surface area contributed by atoms with E-state index < -0.39 is 52.0 Å². The van der Waals surface area contributed by atoms with Crippen LogP contribution >= 0.6 is 11.8 Å². The lowest BCUT2D eigenvalue weighted by atomic mass is 9.98. The Morgan fingerprint density at radius 1 is 1.19 bits per heavy atom. The maximum atomic E-state index is 14.6. The minimum Gasteiger partial charge on any atom is -0.441 e. The second kappa shape index (κ2) is 14.0. The quantitative estimate of drug-likeness (QED) is 0.388. The van der Waals surface area contributed by atoms with E-state index in [1.807, 2.05) is 0 Å². The predicted molar refractivity (Wildman–Crippen MR) is 165 cm³/mol. The minimum atomic E-state index is -4.89. The highest BCUT2D eigenvalue weighted by Gasteiger charge is 2.45. The molecule has 4 amide bonds. The molecule has 0 spiro atoms. The first-order valence-corrected chi connectivity index (χ1v) is 16.1. The van der Waals surface area contributed by atoms with E-state index in [0.717, 1.165) is 23.9 Å². The second-order valence-electron chi connectivity index (χ2n) is 12.2. The van der Waals surface area contributed by atoms with Gasteiger partial charge in [-0.2, -0.15) is 13.2 Å². The molecule has 0 saturated carbocycles.